The molecule has 0 spiro atoms. The number of para-hydroxylation sites is 1. The van der Waals surface area contributed by atoms with Crippen molar-refractivity contribution in [2.75, 3.05) is 12.0 Å². The van der Waals surface area contributed by atoms with Gasteiger partial charge in [0.1, 0.15) is 21.3 Å². The largest absolute Gasteiger partial charge is 0.455 e. The van der Waals surface area contributed by atoms with E-state index in [9.17, 15) is 18.0 Å². The van der Waals surface area contributed by atoms with Gasteiger partial charge in [-0.3, -0.25) is 14.5 Å². The number of nitrogens with zero attached hydrogens (tertiary/aromatic N) is 1. The molecule has 0 aromatic heterocycles. The van der Waals surface area contributed by atoms with E-state index < -0.39 is 9.84 Å². The molecule has 128 valence electrons. The van der Waals surface area contributed by atoms with Crippen LogP contribution in [0.3, 0.4) is 0 Å². The average molecular weight is 358 g/mol. The highest BCUT2D eigenvalue weighted by Gasteiger charge is 2.32. The molecule has 0 unspecified atom stereocenters. The number of ether oxygens (including phenoxy) is 1. The van der Waals surface area contributed by atoms with Crippen molar-refractivity contribution < 1.29 is 22.7 Å². The minimum absolute atomic E-state index is 0.00788. The quantitative estimate of drug-likeness (QED) is 0.721. The highest BCUT2D eigenvalue weighted by Crippen LogP contribution is 2.43. The second-order valence-corrected chi connectivity index (χ2v) is 7.65. The Morgan fingerprint density at radius 1 is 0.960 bits per heavy atom. The van der Waals surface area contributed by atoms with Crippen molar-refractivity contribution in [3.05, 3.63) is 42.5 Å². The van der Waals surface area contributed by atoms with Crippen molar-refractivity contribution in [1.29, 1.82) is 0 Å². The summed E-state index contributed by atoms with van der Waals surface area (Å²) >= 11 is 0. The first-order valence-electron chi connectivity index (χ1n) is 7.70. The van der Waals surface area contributed by atoms with E-state index in [1.807, 2.05) is 0 Å². The van der Waals surface area contributed by atoms with Gasteiger partial charge in [0.15, 0.2) is 0 Å². The molecule has 4 rings (SSSR count). The number of benzene rings is 2. The van der Waals surface area contributed by atoms with E-state index in [1.54, 1.807) is 30.3 Å². The van der Waals surface area contributed by atoms with Crippen LogP contribution < -0.4 is 10.1 Å². The Bertz CT molecular complexity index is 984. The summed E-state index contributed by atoms with van der Waals surface area (Å²) in [5.74, 6) is 0.0715. The Balaban J connectivity index is 1.63. The van der Waals surface area contributed by atoms with E-state index in [-0.39, 0.29) is 46.9 Å². The van der Waals surface area contributed by atoms with E-state index in [4.69, 9.17) is 4.74 Å². The van der Waals surface area contributed by atoms with Crippen molar-refractivity contribution in [2.24, 2.45) is 0 Å². The summed E-state index contributed by atoms with van der Waals surface area (Å²) in [6, 6.07) is 11.1. The van der Waals surface area contributed by atoms with Crippen LogP contribution in [0, 0.1) is 0 Å². The normalized spacial score (nSPS) is 17.7. The zero-order valence-corrected chi connectivity index (χ0v) is 13.9. The topological polar surface area (TPSA) is 92.8 Å². The van der Waals surface area contributed by atoms with Crippen LogP contribution >= 0.6 is 0 Å². The van der Waals surface area contributed by atoms with Crippen molar-refractivity contribution >= 4 is 27.3 Å². The molecule has 2 aromatic rings. The number of hydrogen-bond donors (Lipinski definition) is 1. The third-order valence-corrected chi connectivity index (χ3v) is 6.00. The van der Waals surface area contributed by atoms with Crippen LogP contribution in [0.25, 0.3) is 0 Å². The zero-order chi connectivity index (χ0) is 17.6. The monoisotopic (exact) mass is 358 g/mol. The number of hydrogen-bond acceptors (Lipinski definition) is 6. The fraction of sp³-hybridized carbons (Fsp3) is 0.176. The Morgan fingerprint density at radius 2 is 1.64 bits per heavy atom. The van der Waals surface area contributed by atoms with Crippen molar-refractivity contribution in [2.45, 2.75) is 22.6 Å². The Kier molecular flexibility index (Phi) is 3.50. The fourth-order valence-electron chi connectivity index (χ4n) is 2.88. The van der Waals surface area contributed by atoms with Crippen LogP contribution in [0.4, 0.5) is 5.69 Å². The molecule has 0 bridgehead atoms. The molecule has 0 saturated carbocycles. The number of anilines is 1. The number of rotatable bonds is 3. The predicted molar refractivity (Wildman–Crippen MR) is 88.0 cm³/mol. The summed E-state index contributed by atoms with van der Waals surface area (Å²) in [6.07, 6.45) is 0.424. The first kappa shape index (κ1) is 15.6. The van der Waals surface area contributed by atoms with Gasteiger partial charge in [-0.15, -0.1) is 0 Å². The average Bonchev–Trinajstić information content (AvgIpc) is 2.92. The molecule has 0 radical (unpaired) electrons. The van der Waals surface area contributed by atoms with E-state index in [1.165, 1.54) is 12.1 Å². The molecular formula is C17H14N2O5S. The van der Waals surface area contributed by atoms with Gasteiger partial charge in [-0.2, -0.15) is 0 Å². The lowest BCUT2D eigenvalue weighted by molar-refractivity contribution is -0.137. The number of carbonyl (C=O) groups is 2. The second-order valence-electron chi connectivity index (χ2n) is 5.76. The van der Waals surface area contributed by atoms with Crippen molar-refractivity contribution in [1.82, 2.24) is 4.90 Å². The second kappa shape index (κ2) is 5.59. The van der Waals surface area contributed by atoms with Gasteiger partial charge in [-0.05, 0) is 30.3 Å². The number of sulfone groups is 1. The molecule has 1 N–H and O–H groups in total. The fourth-order valence-corrected chi connectivity index (χ4v) is 4.40. The molecule has 2 heterocycles. The number of likely N-dealkylation sites (tertiary alicyclic amines) is 1. The van der Waals surface area contributed by atoms with Crippen LogP contribution in [0.2, 0.25) is 0 Å². The van der Waals surface area contributed by atoms with Gasteiger partial charge in [0, 0.05) is 18.5 Å². The van der Waals surface area contributed by atoms with Gasteiger partial charge in [0.2, 0.25) is 21.7 Å². The summed E-state index contributed by atoms with van der Waals surface area (Å²) in [6.45, 7) is 0.00788. The number of amides is 2. The first-order chi connectivity index (χ1) is 12.0. The maximum atomic E-state index is 12.8. The molecule has 0 aliphatic carbocycles. The molecule has 2 amide bonds. The lowest BCUT2D eigenvalue weighted by atomic mass is 10.3. The molecule has 7 nitrogen and oxygen atoms in total. The van der Waals surface area contributed by atoms with Crippen LogP contribution in [0.5, 0.6) is 11.5 Å². The maximum Gasteiger partial charge on any atom is 0.231 e. The summed E-state index contributed by atoms with van der Waals surface area (Å²) in [5.41, 5.74) is 0.484. The van der Waals surface area contributed by atoms with Crippen LogP contribution in [0.1, 0.15) is 12.8 Å². The zero-order valence-electron chi connectivity index (χ0n) is 13.1. The van der Waals surface area contributed by atoms with Gasteiger partial charge in [-0.25, -0.2) is 8.42 Å². The van der Waals surface area contributed by atoms with E-state index in [2.05, 4.69) is 5.32 Å². The lowest BCUT2D eigenvalue weighted by Gasteiger charge is -2.21. The Hall–Kier alpha value is -2.87. The number of nitrogens with one attached hydrogen (secondary N) is 1. The summed E-state index contributed by atoms with van der Waals surface area (Å²) in [7, 11) is -3.70. The smallest absolute Gasteiger partial charge is 0.231 e. The maximum absolute atomic E-state index is 12.8. The molecule has 2 aromatic carbocycles. The minimum Gasteiger partial charge on any atom is -0.455 e. The number of imide groups is 1. The van der Waals surface area contributed by atoms with Gasteiger partial charge >= 0.3 is 0 Å². The molecular weight excluding hydrogens is 344 g/mol. The summed E-state index contributed by atoms with van der Waals surface area (Å²) in [4.78, 5) is 24.5. The Labute approximate surface area is 144 Å². The molecule has 25 heavy (non-hydrogen) atoms. The van der Waals surface area contributed by atoms with Crippen LogP contribution in [0.15, 0.2) is 52.3 Å². The molecule has 2 aliphatic heterocycles. The third kappa shape index (κ3) is 2.54. The summed E-state index contributed by atoms with van der Waals surface area (Å²) in [5, 5.41) is 2.92. The third-order valence-electron chi connectivity index (χ3n) is 4.19. The Morgan fingerprint density at radius 3 is 2.40 bits per heavy atom. The van der Waals surface area contributed by atoms with Gasteiger partial charge in [-0.1, -0.05) is 12.1 Å². The van der Waals surface area contributed by atoms with Crippen molar-refractivity contribution in [3.63, 3.8) is 0 Å². The van der Waals surface area contributed by atoms with Gasteiger partial charge < -0.3 is 10.1 Å². The first-order valence-corrected chi connectivity index (χ1v) is 9.18. The van der Waals surface area contributed by atoms with Gasteiger partial charge in [0.05, 0.1) is 6.67 Å². The van der Waals surface area contributed by atoms with Crippen LogP contribution in [-0.4, -0.2) is 31.8 Å². The lowest BCUT2D eigenvalue weighted by Crippen LogP contribution is -2.33. The standard InChI is InChI=1S/C17H14N2O5S/c20-16-7-8-17(21)19(16)10-18-11-5-6-13-15(9-11)25(22,23)14-4-2-1-3-12(14)24-13/h1-6,9,18H,7-8,10H2. The van der Waals surface area contributed by atoms with Crippen LogP contribution in [-0.2, 0) is 19.4 Å². The van der Waals surface area contributed by atoms with E-state index >= 15 is 0 Å². The summed E-state index contributed by atoms with van der Waals surface area (Å²) < 4.78 is 31.2. The molecule has 0 atom stereocenters. The minimum atomic E-state index is -3.70. The van der Waals surface area contributed by atoms with Crippen molar-refractivity contribution in [3.8, 4) is 11.5 Å². The highest BCUT2D eigenvalue weighted by molar-refractivity contribution is 7.91. The van der Waals surface area contributed by atoms with Gasteiger partial charge in [0.25, 0.3) is 0 Å². The van der Waals surface area contributed by atoms with E-state index in [0.29, 0.717) is 11.4 Å². The molecule has 1 fully saturated rings. The van der Waals surface area contributed by atoms with E-state index in [0.717, 1.165) is 4.90 Å². The SMILES string of the molecule is O=C1CCC(=O)N1CNc1ccc2c(c1)S(=O)(=O)c1ccccc1O2. The number of carbonyl (C=O) groups excluding carboxylic acids is 2. The predicted octanol–water partition coefficient (Wildman–Crippen LogP) is 2.14. The highest BCUT2D eigenvalue weighted by atomic mass is 32.2. The molecule has 8 heteroatoms. The molecule has 2 aliphatic rings. The molecule has 1 saturated heterocycles. The number of fused-ring (bicyclic) bond motifs is 2.